The van der Waals surface area contributed by atoms with Crippen molar-refractivity contribution in [3.63, 3.8) is 0 Å². The van der Waals surface area contributed by atoms with E-state index in [1.807, 2.05) is 6.07 Å². The normalized spacial score (nSPS) is 15.5. The summed E-state index contributed by atoms with van der Waals surface area (Å²) < 4.78 is 18.3. The van der Waals surface area contributed by atoms with Crippen LogP contribution in [-0.4, -0.2) is 35.0 Å². The maximum absolute atomic E-state index is 13.2. The summed E-state index contributed by atoms with van der Waals surface area (Å²) in [6.07, 6.45) is 3.53. The van der Waals surface area contributed by atoms with Crippen LogP contribution in [0.25, 0.3) is 0 Å². The summed E-state index contributed by atoms with van der Waals surface area (Å²) in [6, 6.07) is 7.86. The molecule has 1 saturated heterocycles. The van der Waals surface area contributed by atoms with Crippen LogP contribution in [0.1, 0.15) is 39.3 Å². The monoisotopic (exact) mass is 331 g/mol. The number of carbonyl (C=O) groups is 2. The lowest BCUT2D eigenvalue weighted by Crippen LogP contribution is -2.38. The van der Waals surface area contributed by atoms with Gasteiger partial charge in [-0.15, -0.1) is 0 Å². The van der Waals surface area contributed by atoms with E-state index in [0.29, 0.717) is 19.0 Å². The summed E-state index contributed by atoms with van der Waals surface area (Å²) in [7, 11) is 0. The SMILES string of the molecule is O=C(O)c1coc(C(=O)N2CCC(Cc3cccc(F)c3)CC2)c1. The minimum Gasteiger partial charge on any atom is -0.478 e. The summed E-state index contributed by atoms with van der Waals surface area (Å²) in [6.45, 7) is 1.17. The first-order valence-corrected chi connectivity index (χ1v) is 7.88. The Hall–Kier alpha value is -2.63. The van der Waals surface area contributed by atoms with Gasteiger partial charge in [-0.05, 0) is 42.9 Å². The number of furan rings is 1. The van der Waals surface area contributed by atoms with Crippen molar-refractivity contribution in [3.05, 3.63) is 59.3 Å². The molecule has 1 aromatic heterocycles. The second-order valence-electron chi connectivity index (χ2n) is 6.07. The minimum absolute atomic E-state index is 0.0284. The van der Waals surface area contributed by atoms with Gasteiger partial charge in [0.05, 0.1) is 5.56 Å². The Labute approximate surface area is 138 Å². The molecule has 126 valence electrons. The molecule has 5 nitrogen and oxygen atoms in total. The van der Waals surface area contributed by atoms with Crippen LogP contribution in [0.5, 0.6) is 0 Å². The largest absolute Gasteiger partial charge is 0.478 e. The minimum atomic E-state index is -1.12. The highest BCUT2D eigenvalue weighted by Crippen LogP contribution is 2.23. The quantitative estimate of drug-likeness (QED) is 0.934. The van der Waals surface area contributed by atoms with Crippen LogP contribution in [0.4, 0.5) is 4.39 Å². The van der Waals surface area contributed by atoms with E-state index >= 15 is 0 Å². The zero-order chi connectivity index (χ0) is 17.1. The predicted molar refractivity (Wildman–Crippen MR) is 84.4 cm³/mol. The number of aromatic carboxylic acids is 1. The van der Waals surface area contributed by atoms with Crippen molar-refractivity contribution >= 4 is 11.9 Å². The number of amides is 1. The molecule has 24 heavy (non-hydrogen) atoms. The van der Waals surface area contributed by atoms with Crippen LogP contribution in [0.3, 0.4) is 0 Å². The first kappa shape index (κ1) is 16.2. The summed E-state index contributed by atoms with van der Waals surface area (Å²) in [4.78, 5) is 24.9. The first-order chi connectivity index (χ1) is 11.5. The third-order valence-corrected chi connectivity index (χ3v) is 4.37. The highest BCUT2D eigenvalue weighted by Gasteiger charge is 2.26. The molecule has 0 bridgehead atoms. The average molecular weight is 331 g/mol. The van der Waals surface area contributed by atoms with Crippen molar-refractivity contribution in [1.29, 1.82) is 0 Å². The molecule has 3 rings (SSSR count). The van der Waals surface area contributed by atoms with E-state index in [9.17, 15) is 14.0 Å². The number of likely N-dealkylation sites (tertiary alicyclic amines) is 1. The number of hydrogen-bond donors (Lipinski definition) is 1. The molecule has 0 spiro atoms. The highest BCUT2D eigenvalue weighted by atomic mass is 19.1. The topological polar surface area (TPSA) is 70.7 Å². The van der Waals surface area contributed by atoms with E-state index in [4.69, 9.17) is 9.52 Å². The standard InChI is InChI=1S/C18H18FNO4/c19-15-3-1-2-13(9-15)8-12-4-6-20(7-5-12)17(21)16-10-14(11-24-16)18(22)23/h1-3,9-12H,4-8H2,(H,22,23). The van der Waals surface area contributed by atoms with Crippen molar-refractivity contribution in [2.75, 3.05) is 13.1 Å². The van der Waals surface area contributed by atoms with Crippen LogP contribution < -0.4 is 0 Å². The Morgan fingerprint density at radius 3 is 2.62 bits per heavy atom. The fourth-order valence-electron chi connectivity index (χ4n) is 3.05. The number of rotatable bonds is 4. The second kappa shape index (κ2) is 6.86. The van der Waals surface area contributed by atoms with Crippen molar-refractivity contribution in [3.8, 4) is 0 Å². The Balaban J connectivity index is 1.56. The molecule has 1 aliphatic rings. The number of piperidine rings is 1. The number of halogens is 1. The summed E-state index contributed by atoms with van der Waals surface area (Å²) in [5.41, 5.74) is 0.941. The fraction of sp³-hybridized carbons (Fsp3) is 0.333. The van der Waals surface area contributed by atoms with Crippen LogP contribution >= 0.6 is 0 Å². The molecular formula is C18H18FNO4. The summed E-state index contributed by atoms with van der Waals surface area (Å²) in [5, 5.41) is 8.87. The van der Waals surface area contributed by atoms with Crippen LogP contribution in [0.15, 0.2) is 41.0 Å². The Morgan fingerprint density at radius 2 is 2.00 bits per heavy atom. The van der Waals surface area contributed by atoms with Gasteiger partial charge in [0, 0.05) is 19.2 Å². The Kier molecular flexibility index (Phi) is 4.64. The van der Waals surface area contributed by atoms with E-state index in [-0.39, 0.29) is 23.0 Å². The molecule has 2 heterocycles. The molecule has 0 aliphatic carbocycles. The van der Waals surface area contributed by atoms with Gasteiger partial charge in [-0.25, -0.2) is 9.18 Å². The van der Waals surface area contributed by atoms with E-state index in [2.05, 4.69) is 0 Å². The predicted octanol–water partition coefficient (Wildman–Crippen LogP) is 3.21. The molecule has 0 atom stereocenters. The van der Waals surface area contributed by atoms with Crippen molar-refractivity contribution in [1.82, 2.24) is 4.90 Å². The maximum Gasteiger partial charge on any atom is 0.338 e. The maximum atomic E-state index is 13.2. The van der Waals surface area contributed by atoms with Crippen molar-refractivity contribution in [2.24, 2.45) is 5.92 Å². The van der Waals surface area contributed by atoms with Gasteiger partial charge in [0.25, 0.3) is 5.91 Å². The molecular weight excluding hydrogens is 313 g/mol. The number of carboxylic acid groups (broad SMARTS) is 1. The van der Waals surface area contributed by atoms with Gasteiger partial charge in [0.15, 0.2) is 5.76 Å². The lowest BCUT2D eigenvalue weighted by molar-refractivity contribution is 0.0656. The van der Waals surface area contributed by atoms with E-state index in [0.717, 1.165) is 31.1 Å². The van der Waals surface area contributed by atoms with Gasteiger partial charge >= 0.3 is 5.97 Å². The summed E-state index contributed by atoms with van der Waals surface area (Å²) >= 11 is 0. The van der Waals surface area contributed by atoms with Gasteiger partial charge < -0.3 is 14.4 Å². The highest BCUT2D eigenvalue weighted by molar-refractivity contribution is 5.95. The lowest BCUT2D eigenvalue weighted by atomic mass is 9.90. The first-order valence-electron chi connectivity index (χ1n) is 7.88. The van der Waals surface area contributed by atoms with Crippen LogP contribution in [0, 0.1) is 11.7 Å². The zero-order valence-electron chi connectivity index (χ0n) is 13.1. The number of benzene rings is 1. The molecule has 0 radical (unpaired) electrons. The van der Waals surface area contributed by atoms with Gasteiger partial charge in [0.2, 0.25) is 0 Å². The van der Waals surface area contributed by atoms with Gasteiger partial charge in [0.1, 0.15) is 12.1 Å². The molecule has 2 aromatic rings. The molecule has 0 saturated carbocycles. The Bertz CT molecular complexity index is 747. The lowest BCUT2D eigenvalue weighted by Gasteiger charge is -2.31. The smallest absolute Gasteiger partial charge is 0.338 e. The van der Waals surface area contributed by atoms with Gasteiger partial charge in [-0.2, -0.15) is 0 Å². The third kappa shape index (κ3) is 3.64. The number of nitrogens with zero attached hydrogens (tertiary/aromatic N) is 1. The molecule has 1 aliphatic heterocycles. The third-order valence-electron chi connectivity index (χ3n) is 4.37. The molecule has 0 unspecified atom stereocenters. The van der Waals surface area contributed by atoms with E-state index in [1.165, 1.54) is 12.1 Å². The zero-order valence-corrected chi connectivity index (χ0v) is 13.1. The average Bonchev–Trinajstić information content (AvgIpc) is 3.05. The molecule has 1 N–H and O–H groups in total. The second-order valence-corrected chi connectivity index (χ2v) is 6.07. The van der Waals surface area contributed by atoms with E-state index < -0.39 is 5.97 Å². The van der Waals surface area contributed by atoms with Crippen molar-refractivity contribution < 1.29 is 23.5 Å². The fourth-order valence-corrected chi connectivity index (χ4v) is 3.05. The van der Waals surface area contributed by atoms with Gasteiger partial charge in [-0.3, -0.25) is 4.79 Å². The molecule has 1 aromatic carbocycles. The molecule has 1 fully saturated rings. The van der Waals surface area contributed by atoms with Crippen molar-refractivity contribution in [2.45, 2.75) is 19.3 Å². The van der Waals surface area contributed by atoms with Crippen LogP contribution in [-0.2, 0) is 6.42 Å². The molecule has 6 heteroatoms. The number of carbonyl (C=O) groups excluding carboxylic acids is 1. The van der Waals surface area contributed by atoms with E-state index in [1.54, 1.807) is 17.0 Å². The molecule has 1 amide bonds. The van der Waals surface area contributed by atoms with Crippen LogP contribution in [0.2, 0.25) is 0 Å². The van der Waals surface area contributed by atoms with Gasteiger partial charge in [-0.1, -0.05) is 12.1 Å². The Morgan fingerprint density at radius 1 is 1.25 bits per heavy atom. The number of carboxylic acids is 1. The number of hydrogen-bond acceptors (Lipinski definition) is 3. The summed E-state index contributed by atoms with van der Waals surface area (Å²) in [5.74, 6) is -1.18.